The molecule has 9 rings (SSSR count). The average molecular weight is 1030 g/mol. The molecule has 0 aliphatic carbocycles. The van der Waals surface area contributed by atoms with Crippen molar-refractivity contribution in [2.75, 3.05) is 53.4 Å². The van der Waals surface area contributed by atoms with E-state index in [2.05, 4.69) is 18.4 Å². The first-order chi connectivity index (χ1) is 34.5. The summed E-state index contributed by atoms with van der Waals surface area (Å²) in [6.45, 7) is 1.71. The van der Waals surface area contributed by atoms with E-state index < -0.39 is 20.2 Å². The fourth-order valence-corrected chi connectivity index (χ4v) is 8.24. The molecule has 4 heterocycles. The van der Waals surface area contributed by atoms with Crippen LogP contribution in [0.25, 0.3) is 0 Å². The number of benzene rings is 5. The Balaban J connectivity index is 0.000000222. The summed E-state index contributed by atoms with van der Waals surface area (Å²) in [5.41, 5.74) is 6.67. The van der Waals surface area contributed by atoms with Gasteiger partial charge in [-0.3, -0.25) is 27.9 Å². The van der Waals surface area contributed by atoms with Crippen LogP contribution < -0.4 is 18.9 Å². The number of aliphatic hydroxyl groups is 2. The van der Waals surface area contributed by atoms with Crippen molar-refractivity contribution < 1.29 is 73.4 Å². The molecule has 22 heteroatoms. The molecule has 2 N–H and O–H groups in total. The predicted molar refractivity (Wildman–Crippen MR) is 263 cm³/mol. The highest BCUT2D eigenvalue weighted by atomic mass is 32.2. The summed E-state index contributed by atoms with van der Waals surface area (Å²) in [5.74, 6) is 1.53. The molecule has 2 saturated heterocycles. The summed E-state index contributed by atoms with van der Waals surface area (Å²) < 4.78 is 86.8. The molecule has 20 nitrogen and oxygen atoms in total. The maximum atomic E-state index is 13.1. The van der Waals surface area contributed by atoms with Gasteiger partial charge in [0.15, 0.2) is 23.0 Å². The van der Waals surface area contributed by atoms with Crippen LogP contribution in [-0.2, 0) is 77.7 Å². The van der Waals surface area contributed by atoms with Crippen molar-refractivity contribution >= 4 is 55.9 Å². The highest BCUT2D eigenvalue weighted by Crippen LogP contribution is 2.39. The van der Waals surface area contributed by atoms with Crippen LogP contribution in [0.15, 0.2) is 107 Å². The number of aliphatic imine (C=N–C) groups is 2. The van der Waals surface area contributed by atoms with Gasteiger partial charge in [0.25, 0.3) is 32.1 Å². The SMILES string of the molecule is COc1cc2c(cc1OCc1cccc(COc3cc4c(cc3OC)C(=O)N3COC[C@H]3C=N4)c1)N=C[C@@H]1COCN1C2=O.CS(=O)(=O)OCc1cccc(COS(C)(=O)=O)c1.OCc1cccc(CO)c1. The molecular weight excluding hydrogens is 977 g/mol. The summed E-state index contributed by atoms with van der Waals surface area (Å²) in [6, 6.07) is 28.1. The van der Waals surface area contributed by atoms with Crippen LogP contribution in [0.2, 0.25) is 0 Å². The molecule has 0 saturated carbocycles. The van der Waals surface area contributed by atoms with Crippen LogP contribution in [0.4, 0.5) is 11.4 Å². The molecule has 2 fully saturated rings. The third-order valence-electron chi connectivity index (χ3n) is 11.2. The number of carbonyl (C=O) groups is 2. The molecule has 2 amide bonds. The maximum absolute atomic E-state index is 13.1. The zero-order valence-corrected chi connectivity index (χ0v) is 41.5. The number of methoxy groups -OCH3 is 2. The van der Waals surface area contributed by atoms with Gasteiger partial charge in [-0.15, -0.1) is 0 Å². The summed E-state index contributed by atoms with van der Waals surface area (Å²) in [5, 5.41) is 17.4. The zero-order valence-electron chi connectivity index (χ0n) is 39.8. The van der Waals surface area contributed by atoms with E-state index in [1.54, 1.807) is 76.8 Å². The maximum Gasteiger partial charge on any atom is 0.264 e. The Morgan fingerprint density at radius 1 is 0.542 bits per heavy atom. The van der Waals surface area contributed by atoms with Crippen molar-refractivity contribution in [1.82, 2.24) is 9.80 Å². The molecule has 0 radical (unpaired) electrons. The van der Waals surface area contributed by atoms with Crippen LogP contribution in [0.1, 0.15) is 54.1 Å². The van der Waals surface area contributed by atoms with Gasteiger partial charge in [-0.25, -0.2) is 0 Å². The van der Waals surface area contributed by atoms with E-state index >= 15 is 0 Å². The number of carbonyl (C=O) groups excluding carboxylic acids is 2. The summed E-state index contributed by atoms with van der Waals surface area (Å²) in [4.78, 5) is 38.5. The van der Waals surface area contributed by atoms with E-state index in [4.69, 9.17) is 38.6 Å². The number of ether oxygens (including phenoxy) is 6. The first-order valence-electron chi connectivity index (χ1n) is 22.2. The van der Waals surface area contributed by atoms with Gasteiger partial charge in [-0.05, 0) is 51.6 Å². The number of nitrogens with zero attached hydrogens (tertiary/aromatic N) is 4. The van der Waals surface area contributed by atoms with Crippen LogP contribution in [0, 0.1) is 0 Å². The van der Waals surface area contributed by atoms with Crippen LogP contribution in [0.5, 0.6) is 23.0 Å². The van der Waals surface area contributed by atoms with Gasteiger partial charge in [0.2, 0.25) is 0 Å². The quantitative estimate of drug-likeness (QED) is 0.121. The molecule has 5 aromatic carbocycles. The number of hydrogen-bond donors (Lipinski definition) is 2. The molecular formula is C50H54N4O16S2. The molecule has 4 aliphatic heterocycles. The van der Waals surface area contributed by atoms with Gasteiger partial charge < -0.3 is 48.4 Å². The number of amides is 2. The minimum Gasteiger partial charge on any atom is -0.493 e. The molecule has 0 unspecified atom stereocenters. The van der Waals surface area contributed by atoms with Crippen molar-refractivity contribution in [3.05, 3.63) is 142 Å². The molecule has 5 aromatic rings. The topological polar surface area (TPSA) is 248 Å². The Morgan fingerprint density at radius 3 is 1.26 bits per heavy atom. The van der Waals surface area contributed by atoms with E-state index in [0.29, 0.717) is 69.8 Å². The van der Waals surface area contributed by atoms with E-state index in [9.17, 15) is 26.4 Å². The second kappa shape index (κ2) is 24.1. The first kappa shape index (κ1) is 53.0. The Kier molecular flexibility index (Phi) is 17.8. The number of hydrogen-bond acceptors (Lipinski definition) is 18. The van der Waals surface area contributed by atoms with Gasteiger partial charge in [0.1, 0.15) is 26.7 Å². The Bertz CT molecular complexity index is 2850. The van der Waals surface area contributed by atoms with E-state index in [1.807, 2.05) is 42.5 Å². The molecule has 382 valence electrons. The van der Waals surface area contributed by atoms with Gasteiger partial charge in [0.05, 0.1) is 101 Å². The minimum atomic E-state index is -3.50. The largest absolute Gasteiger partial charge is 0.493 e. The van der Waals surface area contributed by atoms with Crippen LogP contribution in [-0.4, -0.2) is 127 Å². The summed E-state index contributed by atoms with van der Waals surface area (Å²) in [6.07, 6.45) is 5.39. The first-order valence-corrected chi connectivity index (χ1v) is 25.9. The van der Waals surface area contributed by atoms with Crippen molar-refractivity contribution in [2.24, 2.45) is 9.98 Å². The van der Waals surface area contributed by atoms with Crippen molar-refractivity contribution in [2.45, 2.75) is 51.7 Å². The Labute approximate surface area is 417 Å². The number of rotatable bonds is 16. The standard InChI is InChI=1S/C32H30N4O8.C10H14O6S2.C8H10O2/c1-39-27-7-23-25(33-11-21-15-41-17-35(21)31(23)37)9-29(27)43-13-19-4-3-5-20(6-19)14-44-30-10-26-24(8-28(30)40-2)32(38)36-18-42-16-22(36)12-34-26;1-17(11,12)15-7-9-4-3-5-10(6-9)8-16-18(2,13)14;9-5-7-2-1-3-8(4-7)6-10/h3-12,21-22H,13-18H2,1-2H3;3-6H,7-8H2,1-2H3;1-4,9-10H,5-6H2/t21-,22-;;/m1../s1. The molecule has 0 aromatic heterocycles. The van der Waals surface area contributed by atoms with Crippen LogP contribution >= 0.6 is 0 Å². The lowest BCUT2D eigenvalue weighted by Crippen LogP contribution is -2.36. The van der Waals surface area contributed by atoms with Gasteiger partial charge in [-0.2, -0.15) is 16.8 Å². The lowest BCUT2D eigenvalue weighted by atomic mass is 10.1. The summed E-state index contributed by atoms with van der Waals surface area (Å²) >= 11 is 0. The van der Waals surface area contributed by atoms with Crippen molar-refractivity contribution in [3.63, 3.8) is 0 Å². The average Bonchev–Trinajstić information content (AvgIpc) is 4.02. The van der Waals surface area contributed by atoms with Gasteiger partial charge in [0, 0.05) is 24.6 Å². The second-order valence-corrected chi connectivity index (χ2v) is 19.9. The van der Waals surface area contributed by atoms with E-state index in [-0.39, 0.29) is 77.0 Å². The van der Waals surface area contributed by atoms with Crippen molar-refractivity contribution in [1.29, 1.82) is 0 Å². The number of aliphatic hydroxyl groups excluding tert-OH is 2. The fraction of sp³-hybridized carbons (Fsp3) is 0.320. The molecule has 72 heavy (non-hydrogen) atoms. The molecule has 0 spiro atoms. The zero-order chi connectivity index (χ0) is 51.4. The predicted octanol–water partition coefficient (Wildman–Crippen LogP) is 5.20. The summed E-state index contributed by atoms with van der Waals surface area (Å²) in [7, 11) is -3.92. The van der Waals surface area contributed by atoms with Gasteiger partial charge in [-0.1, -0.05) is 66.7 Å². The lowest BCUT2D eigenvalue weighted by Gasteiger charge is -2.19. The van der Waals surface area contributed by atoms with Crippen LogP contribution in [0.3, 0.4) is 0 Å². The fourth-order valence-electron chi connectivity index (χ4n) is 7.54. The highest BCUT2D eigenvalue weighted by molar-refractivity contribution is 7.86. The minimum absolute atomic E-state index is 0.0356. The third kappa shape index (κ3) is 14.2. The Morgan fingerprint density at radius 2 is 0.903 bits per heavy atom. The highest BCUT2D eigenvalue weighted by Gasteiger charge is 2.35. The normalized spacial score (nSPS) is 16.7. The lowest BCUT2D eigenvalue weighted by molar-refractivity contribution is 0.0675. The number of fused-ring (bicyclic) bond motifs is 4. The molecule has 4 aliphatic rings. The monoisotopic (exact) mass is 1030 g/mol. The Hall–Kier alpha value is -6.76. The molecule has 0 bridgehead atoms. The molecule has 2 atom stereocenters. The second-order valence-electron chi connectivity index (χ2n) is 16.6. The van der Waals surface area contributed by atoms with E-state index in [0.717, 1.165) is 34.8 Å². The van der Waals surface area contributed by atoms with E-state index in [1.165, 1.54) is 14.2 Å². The smallest absolute Gasteiger partial charge is 0.264 e. The van der Waals surface area contributed by atoms with Gasteiger partial charge >= 0.3 is 0 Å². The third-order valence-corrected chi connectivity index (χ3v) is 12.3. The van der Waals surface area contributed by atoms with Crippen molar-refractivity contribution in [3.8, 4) is 23.0 Å².